The van der Waals surface area contributed by atoms with Gasteiger partial charge >= 0.3 is 0 Å². The van der Waals surface area contributed by atoms with E-state index < -0.39 is 0 Å². The van der Waals surface area contributed by atoms with Gasteiger partial charge in [-0.3, -0.25) is 4.79 Å². The van der Waals surface area contributed by atoms with Gasteiger partial charge in [0.1, 0.15) is 19.0 Å². The zero-order valence-electron chi connectivity index (χ0n) is 14.1. The number of carbonyl (C=O) groups excluding carboxylic acids is 1. The smallest absolute Gasteiger partial charge is 0.262 e. The highest BCUT2D eigenvalue weighted by atomic mass is 16.6. The Morgan fingerprint density at radius 3 is 2.42 bits per heavy atom. The number of benzene rings is 2. The summed E-state index contributed by atoms with van der Waals surface area (Å²) in [5.41, 5.74) is 3.89. The van der Waals surface area contributed by atoms with Gasteiger partial charge < -0.3 is 19.5 Å². The molecule has 1 N–H and O–H groups in total. The summed E-state index contributed by atoms with van der Waals surface area (Å²) in [6, 6.07) is 9.42. The van der Waals surface area contributed by atoms with E-state index in [1.807, 2.05) is 32.9 Å². The third-order valence-electron chi connectivity index (χ3n) is 3.78. The summed E-state index contributed by atoms with van der Waals surface area (Å²) in [5.74, 6) is 1.88. The number of nitrogens with one attached hydrogen (secondary N) is 1. The zero-order valence-corrected chi connectivity index (χ0v) is 14.1. The molecule has 2 aromatic rings. The van der Waals surface area contributed by atoms with Crippen molar-refractivity contribution in [1.29, 1.82) is 0 Å². The second-order valence-corrected chi connectivity index (χ2v) is 5.92. The molecule has 1 aliphatic rings. The monoisotopic (exact) mass is 327 g/mol. The Kier molecular flexibility index (Phi) is 4.60. The molecule has 0 atom stereocenters. The predicted molar refractivity (Wildman–Crippen MR) is 92.2 cm³/mol. The summed E-state index contributed by atoms with van der Waals surface area (Å²) >= 11 is 0. The Bertz CT molecular complexity index is 747. The first kappa shape index (κ1) is 16.2. The molecule has 0 aliphatic carbocycles. The van der Waals surface area contributed by atoms with Gasteiger partial charge in [0.2, 0.25) is 0 Å². The van der Waals surface area contributed by atoms with Crippen LogP contribution >= 0.6 is 0 Å². The van der Waals surface area contributed by atoms with Crippen LogP contribution in [0.25, 0.3) is 0 Å². The molecular weight excluding hydrogens is 306 g/mol. The average molecular weight is 327 g/mol. The lowest BCUT2D eigenvalue weighted by Crippen LogP contribution is -2.21. The van der Waals surface area contributed by atoms with Crippen LogP contribution in [0.4, 0.5) is 5.69 Å². The zero-order chi connectivity index (χ0) is 17.1. The molecule has 0 aromatic heterocycles. The number of fused-ring (bicyclic) bond motifs is 1. The number of ether oxygens (including phenoxy) is 3. The Hall–Kier alpha value is -2.69. The number of rotatable bonds is 4. The van der Waals surface area contributed by atoms with Crippen molar-refractivity contribution < 1.29 is 19.0 Å². The highest BCUT2D eigenvalue weighted by Crippen LogP contribution is 2.32. The molecule has 0 saturated carbocycles. The van der Waals surface area contributed by atoms with Gasteiger partial charge in [-0.1, -0.05) is 17.7 Å². The van der Waals surface area contributed by atoms with Gasteiger partial charge in [-0.25, -0.2) is 0 Å². The van der Waals surface area contributed by atoms with Crippen LogP contribution in [0.2, 0.25) is 0 Å². The van der Waals surface area contributed by atoms with Crippen molar-refractivity contribution >= 4 is 11.6 Å². The van der Waals surface area contributed by atoms with E-state index in [2.05, 4.69) is 5.32 Å². The topological polar surface area (TPSA) is 56.8 Å². The molecule has 0 spiro atoms. The fourth-order valence-electron chi connectivity index (χ4n) is 2.85. The minimum atomic E-state index is -0.217. The van der Waals surface area contributed by atoms with E-state index >= 15 is 0 Å². The highest BCUT2D eigenvalue weighted by molar-refractivity contribution is 5.92. The Balaban J connectivity index is 1.62. The summed E-state index contributed by atoms with van der Waals surface area (Å²) in [6.07, 6.45) is 0. The molecule has 0 fully saturated rings. The molecule has 0 bridgehead atoms. The maximum atomic E-state index is 12.1. The minimum Gasteiger partial charge on any atom is -0.486 e. The van der Waals surface area contributed by atoms with Crippen LogP contribution in [-0.4, -0.2) is 25.7 Å². The summed E-state index contributed by atoms with van der Waals surface area (Å²) in [4.78, 5) is 12.1. The standard InChI is InChI=1S/C19H21NO4/c1-12-8-13(2)19(14(3)9-12)24-11-18(21)20-15-4-5-16-17(10-15)23-7-6-22-16/h4-5,8-10H,6-7,11H2,1-3H3,(H,20,21). The number of amides is 1. The molecule has 5 heteroatoms. The normalized spacial score (nSPS) is 12.6. The number of anilines is 1. The van der Waals surface area contributed by atoms with E-state index in [0.29, 0.717) is 30.4 Å². The third-order valence-corrected chi connectivity index (χ3v) is 3.78. The van der Waals surface area contributed by atoms with Crippen molar-refractivity contribution in [3.8, 4) is 17.2 Å². The van der Waals surface area contributed by atoms with E-state index in [1.54, 1.807) is 18.2 Å². The number of carbonyl (C=O) groups is 1. The van der Waals surface area contributed by atoms with Gasteiger partial charge in [-0.2, -0.15) is 0 Å². The third kappa shape index (κ3) is 3.62. The second-order valence-electron chi connectivity index (χ2n) is 5.92. The maximum absolute atomic E-state index is 12.1. The summed E-state index contributed by atoms with van der Waals surface area (Å²) in [6.45, 7) is 7.01. The average Bonchev–Trinajstić information content (AvgIpc) is 2.53. The molecule has 1 amide bonds. The molecule has 3 rings (SSSR count). The van der Waals surface area contributed by atoms with Gasteiger partial charge in [-0.15, -0.1) is 0 Å². The number of aryl methyl sites for hydroxylation is 3. The molecule has 0 saturated heterocycles. The van der Waals surface area contributed by atoms with Crippen LogP contribution in [0, 0.1) is 20.8 Å². The Labute approximate surface area is 141 Å². The van der Waals surface area contributed by atoms with Crippen molar-refractivity contribution in [2.24, 2.45) is 0 Å². The van der Waals surface area contributed by atoms with Gasteiger partial charge in [-0.05, 0) is 44.0 Å². The van der Waals surface area contributed by atoms with E-state index in [0.717, 1.165) is 16.9 Å². The fourth-order valence-corrected chi connectivity index (χ4v) is 2.85. The molecule has 0 radical (unpaired) electrons. The van der Waals surface area contributed by atoms with E-state index in [4.69, 9.17) is 14.2 Å². The summed E-state index contributed by atoms with van der Waals surface area (Å²) in [5, 5.41) is 2.81. The lowest BCUT2D eigenvalue weighted by atomic mass is 10.1. The quantitative estimate of drug-likeness (QED) is 0.935. The first-order valence-electron chi connectivity index (χ1n) is 7.93. The molecule has 1 heterocycles. The lowest BCUT2D eigenvalue weighted by molar-refractivity contribution is -0.118. The van der Waals surface area contributed by atoms with Gasteiger partial charge in [0.25, 0.3) is 5.91 Å². The summed E-state index contributed by atoms with van der Waals surface area (Å²) < 4.78 is 16.7. The van der Waals surface area contributed by atoms with Crippen LogP contribution in [0.3, 0.4) is 0 Å². The second kappa shape index (κ2) is 6.83. The van der Waals surface area contributed by atoms with E-state index in [9.17, 15) is 4.79 Å². The first-order chi connectivity index (χ1) is 11.5. The Morgan fingerprint density at radius 2 is 1.71 bits per heavy atom. The van der Waals surface area contributed by atoms with E-state index in [1.165, 1.54) is 5.56 Å². The van der Waals surface area contributed by atoms with Crippen LogP contribution in [0.5, 0.6) is 17.2 Å². The first-order valence-corrected chi connectivity index (χ1v) is 7.93. The van der Waals surface area contributed by atoms with Crippen molar-refractivity contribution in [2.45, 2.75) is 20.8 Å². The Morgan fingerprint density at radius 1 is 1.04 bits per heavy atom. The SMILES string of the molecule is Cc1cc(C)c(OCC(=O)Nc2ccc3c(c2)OCCO3)c(C)c1. The predicted octanol–water partition coefficient (Wildman–Crippen LogP) is 3.40. The van der Waals surface area contributed by atoms with Gasteiger partial charge in [0.15, 0.2) is 18.1 Å². The summed E-state index contributed by atoms with van der Waals surface area (Å²) in [7, 11) is 0. The molecule has 1 aliphatic heterocycles. The maximum Gasteiger partial charge on any atom is 0.262 e. The minimum absolute atomic E-state index is 0.0425. The number of hydrogen-bond acceptors (Lipinski definition) is 4. The van der Waals surface area contributed by atoms with Crippen LogP contribution < -0.4 is 19.5 Å². The van der Waals surface area contributed by atoms with Gasteiger partial charge in [0, 0.05) is 11.8 Å². The number of hydrogen-bond donors (Lipinski definition) is 1. The molecule has 24 heavy (non-hydrogen) atoms. The van der Waals surface area contributed by atoms with Crippen LogP contribution in [0.1, 0.15) is 16.7 Å². The highest BCUT2D eigenvalue weighted by Gasteiger charge is 2.13. The molecule has 126 valence electrons. The molecule has 5 nitrogen and oxygen atoms in total. The molecule has 0 unspecified atom stereocenters. The van der Waals surface area contributed by atoms with Crippen molar-refractivity contribution in [3.63, 3.8) is 0 Å². The lowest BCUT2D eigenvalue weighted by Gasteiger charge is -2.19. The van der Waals surface area contributed by atoms with Gasteiger partial charge in [0.05, 0.1) is 0 Å². The van der Waals surface area contributed by atoms with Crippen LogP contribution in [0.15, 0.2) is 30.3 Å². The van der Waals surface area contributed by atoms with Crippen molar-refractivity contribution in [3.05, 3.63) is 47.0 Å². The van der Waals surface area contributed by atoms with E-state index in [-0.39, 0.29) is 12.5 Å². The molecule has 2 aromatic carbocycles. The van der Waals surface area contributed by atoms with Crippen molar-refractivity contribution in [1.82, 2.24) is 0 Å². The van der Waals surface area contributed by atoms with Crippen molar-refractivity contribution in [2.75, 3.05) is 25.1 Å². The van der Waals surface area contributed by atoms with Crippen LogP contribution in [-0.2, 0) is 4.79 Å². The molecular formula is C19H21NO4. The largest absolute Gasteiger partial charge is 0.486 e. The fraction of sp³-hybridized carbons (Fsp3) is 0.316.